The fourth-order valence-corrected chi connectivity index (χ4v) is 1.76. The molecule has 5 heteroatoms. The third-order valence-electron chi connectivity index (χ3n) is 2.83. The van der Waals surface area contributed by atoms with E-state index in [1.807, 2.05) is 30.3 Å². The predicted octanol–water partition coefficient (Wildman–Crippen LogP) is 1.48. The second kappa shape index (κ2) is 6.68. The molecule has 0 aliphatic carbocycles. The van der Waals surface area contributed by atoms with Gasteiger partial charge in [0.15, 0.2) is 0 Å². The first kappa shape index (κ1) is 14.0. The number of aromatic nitrogens is 1. The predicted molar refractivity (Wildman–Crippen MR) is 76.8 cm³/mol. The van der Waals surface area contributed by atoms with Crippen LogP contribution in [0.3, 0.4) is 0 Å². The van der Waals surface area contributed by atoms with Gasteiger partial charge in [-0.25, -0.2) is 0 Å². The number of amidine groups is 1. The Hall–Kier alpha value is -2.40. The number of aliphatic hydroxyl groups excluding tert-OH is 1. The van der Waals surface area contributed by atoms with Crippen LogP contribution in [0.25, 0.3) is 0 Å². The van der Waals surface area contributed by atoms with Crippen molar-refractivity contribution in [3.8, 4) is 5.75 Å². The molecule has 0 bridgehead atoms. The molecule has 5 nitrogen and oxygen atoms in total. The van der Waals surface area contributed by atoms with E-state index in [0.29, 0.717) is 18.7 Å². The molecule has 0 amide bonds. The highest BCUT2D eigenvalue weighted by Crippen LogP contribution is 2.14. The van der Waals surface area contributed by atoms with Gasteiger partial charge in [0.2, 0.25) is 0 Å². The largest absolute Gasteiger partial charge is 0.489 e. The lowest BCUT2D eigenvalue weighted by Gasteiger charge is -2.08. The van der Waals surface area contributed by atoms with E-state index >= 15 is 0 Å². The van der Waals surface area contributed by atoms with Gasteiger partial charge >= 0.3 is 0 Å². The highest BCUT2D eigenvalue weighted by atomic mass is 16.5. The zero-order valence-corrected chi connectivity index (χ0v) is 11.0. The molecular formula is C15H17N3O2. The minimum atomic E-state index is -0.0554. The molecule has 0 aliphatic heterocycles. The molecule has 2 aromatic rings. The van der Waals surface area contributed by atoms with Crippen LogP contribution in [0.15, 0.2) is 42.6 Å². The molecule has 0 saturated heterocycles. The Morgan fingerprint density at radius 1 is 1.20 bits per heavy atom. The van der Waals surface area contributed by atoms with Gasteiger partial charge in [0.1, 0.15) is 23.9 Å². The van der Waals surface area contributed by atoms with Gasteiger partial charge in [-0.2, -0.15) is 0 Å². The number of nitrogens with zero attached hydrogens (tertiary/aromatic N) is 1. The molecule has 20 heavy (non-hydrogen) atoms. The van der Waals surface area contributed by atoms with Gasteiger partial charge in [0.05, 0.1) is 0 Å². The number of rotatable bonds is 6. The van der Waals surface area contributed by atoms with Crippen molar-refractivity contribution in [2.24, 2.45) is 5.73 Å². The molecule has 0 fully saturated rings. The van der Waals surface area contributed by atoms with Crippen LogP contribution >= 0.6 is 0 Å². The summed E-state index contributed by atoms with van der Waals surface area (Å²) in [5, 5.41) is 16.2. The van der Waals surface area contributed by atoms with Crippen molar-refractivity contribution in [1.82, 2.24) is 4.98 Å². The Morgan fingerprint density at radius 3 is 2.60 bits per heavy atom. The van der Waals surface area contributed by atoms with Crippen LogP contribution in [0.4, 0.5) is 0 Å². The lowest BCUT2D eigenvalue weighted by atomic mass is 10.1. The van der Waals surface area contributed by atoms with E-state index in [4.69, 9.17) is 21.0 Å². The van der Waals surface area contributed by atoms with Crippen LogP contribution in [-0.4, -0.2) is 22.5 Å². The van der Waals surface area contributed by atoms with Crippen molar-refractivity contribution in [3.63, 3.8) is 0 Å². The maximum absolute atomic E-state index is 8.85. The normalized spacial score (nSPS) is 10.2. The Bertz CT molecular complexity index is 582. The van der Waals surface area contributed by atoms with E-state index in [2.05, 4.69) is 4.98 Å². The molecule has 1 aromatic heterocycles. The summed E-state index contributed by atoms with van der Waals surface area (Å²) >= 11 is 0. The molecule has 104 valence electrons. The topological polar surface area (TPSA) is 92.2 Å². The van der Waals surface area contributed by atoms with Gasteiger partial charge < -0.3 is 15.6 Å². The molecule has 0 spiro atoms. The van der Waals surface area contributed by atoms with Crippen molar-refractivity contribution in [2.75, 3.05) is 6.61 Å². The van der Waals surface area contributed by atoms with Gasteiger partial charge in [-0.05, 0) is 41.8 Å². The summed E-state index contributed by atoms with van der Waals surface area (Å²) in [4.78, 5) is 4.00. The highest BCUT2D eigenvalue weighted by Gasteiger charge is 2.01. The number of nitrogens with one attached hydrogen (secondary N) is 1. The van der Waals surface area contributed by atoms with Crippen LogP contribution in [0.2, 0.25) is 0 Å². The first-order valence-electron chi connectivity index (χ1n) is 6.31. The Labute approximate surface area is 117 Å². The number of ether oxygens (including phenoxy) is 1. The van der Waals surface area contributed by atoms with Crippen LogP contribution in [0.1, 0.15) is 16.8 Å². The standard InChI is InChI=1S/C15H17N3O2/c16-15(17)14-9-12(5-7-18-14)10-20-13-3-1-11(2-4-13)6-8-19/h1-5,7,9,19H,6,8,10H2,(H3,16,17). The van der Waals surface area contributed by atoms with Crippen LogP contribution in [-0.2, 0) is 13.0 Å². The van der Waals surface area contributed by atoms with Gasteiger partial charge in [0, 0.05) is 12.8 Å². The molecule has 0 atom stereocenters. The van der Waals surface area contributed by atoms with E-state index in [1.54, 1.807) is 12.3 Å². The van der Waals surface area contributed by atoms with Crippen molar-refractivity contribution in [3.05, 3.63) is 59.4 Å². The lowest BCUT2D eigenvalue weighted by Crippen LogP contribution is -2.13. The van der Waals surface area contributed by atoms with Gasteiger partial charge in [-0.1, -0.05) is 12.1 Å². The third kappa shape index (κ3) is 3.80. The van der Waals surface area contributed by atoms with Crippen molar-refractivity contribution in [2.45, 2.75) is 13.0 Å². The summed E-state index contributed by atoms with van der Waals surface area (Å²) < 4.78 is 5.66. The molecule has 1 heterocycles. The molecule has 0 unspecified atom stereocenters. The lowest BCUT2D eigenvalue weighted by molar-refractivity contribution is 0.298. The molecular weight excluding hydrogens is 254 g/mol. The summed E-state index contributed by atoms with van der Waals surface area (Å²) in [5.41, 5.74) is 7.82. The first-order valence-corrected chi connectivity index (χ1v) is 6.31. The zero-order chi connectivity index (χ0) is 14.4. The highest BCUT2D eigenvalue weighted by molar-refractivity contribution is 5.93. The maximum Gasteiger partial charge on any atom is 0.141 e. The summed E-state index contributed by atoms with van der Waals surface area (Å²) in [6.07, 6.45) is 2.26. The minimum Gasteiger partial charge on any atom is -0.489 e. The molecule has 1 aromatic carbocycles. The molecule has 2 rings (SSSR count). The molecule has 0 radical (unpaired) electrons. The van der Waals surface area contributed by atoms with E-state index in [1.165, 1.54) is 0 Å². The molecule has 0 saturated carbocycles. The van der Waals surface area contributed by atoms with E-state index < -0.39 is 0 Å². The summed E-state index contributed by atoms with van der Waals surface area (Å²) in [6, 6.07) is 11.2. The van der Waals surface area contributed by atoms with Gasteiger partial charge in [-0.3, -0.25) is 10.4 Å². The van der Waals surface area contributed by atoms with Gasteiger partial charge in [0.25, 0.3) is 0 Å². The van der Waals surface area contributed by atoms with Gasteiger partial charge in [-0.15, -0.1) is 0 Å². The van der Waals surface area contributed by atoms with Crippen molar-refractivity contribution in [1.29, 1.82) is 5.41 Å². The zero-order valence-electron chi connectivity index (χ0n) is 11.0. The average molecular weight is 271 g/mol. The fourth-order valence-electron chi connectivity index (χ4n) is 1.76. The number of nitrogens with two attached hydrogens (primary N) is 1. The quantitative estimate of drug-likeness (QED) is 0.548. The van der Waals surface area contributed by atoms with Crippen LogP contribution in [0, 0.1) is 5.41 Å². The number of aliphatic hydroxyl groups is 1. The Balaban J connectivity index is 1.97. The SMILES string of the molecule is N=C(N)c1cc(COc2ccc(CCO)cc2)ccn1. The van der Waals surface area contributed by atoms with Crippen LogP contribution in [0.5, 0.6) is 5.75 Å². The number of hydrogen-bond donors (Lipinski definition) is 3. The minimum absolute atomic E-state index is 0.0554. The van der Waals surface area contributed by atoms with E-state index in [0.717, 1.165) is 16.9 Å². The summed E-state index contributed by atoms with van der Waals surface area (Å²) in [7, 11) is 0. The number of pyridine rings is 1. The average Bonchev–Trinajstić information content (AvgIpc) is 2.47. The van der Waals surface area contributed by atoms with E-state index in [-0.39, 0.29) is 12.4 Å². The smallest absolute Gasteiger partial charge is 0.141 e. The molecule has 0 aliphatic rings. The van der Waals surface area contributed by atoms with E-state index in [9.17, 15) is 0 Å². The summed E-state index contributed by atoms with van der Waals surface area (Å²) in [6.45, 7) is 0.535. The Morgan fingerprint density at radius 2 is 1.95 bits per heavy atom. The maximum atomic E-state index is 8.85. The number of hydrogen-bond acceptors (Lipinski definition) is 4. The van der Waals surface area contributed by atoms with Crippen molar-refractivity contribution < 1.29 is 9.84 Å². The second-order valence-corrected chi connectivity index (χ2v) is 4.37. The fraction of sp³-hybridized carbons (Fsp3) is 0.200. The van der Waals surface area contributed by atoms with Crippen molar-refractivity contribution >= 4 is 5.84 Å². The molecule has 4 N–H and O–H groups in total. The van der Waals surface area contributed by atoms with Crippen LogP contribution < -0.4 is 10.5 Å². The monoisotopic (exact) mass is 271 g/mol. The first-order chi connectivity index (χ1) is 9.69. The second-order valence-electron chi connectivity index (χ2n) is 4.37. The summed E-state index contributed by atoms with van der Waals surface area (Å²) in [5.74, 6) is 0.702. The third-order valence-corrected chi connectivity index (χ3v) is 2.83. The number of nitrogen functional groups attached to an aromatic ring is 1. The Kier molecular flexibility index (Phi) is 4.68. The number of benzene rings is 1.